The maximum Gasteiger partial charge on any atom is 0.272 e. The highest BCUT2D eigenvalue weighted by molar-refractivity contribution is 9.10. The van der Waals surface area contributed by atoms with Gasteiger partial charge in [0.25, 0.3) is 5.56 Å². The maximum atomic E-state index is 11.8. The number of nitrogens with zero attached hydrogens (tertiary/aromatic N) is 1. The number of hydrogen-bond acceptors (Lipinski definition) is 2. The lowest BCUT2D eigenvalue weighted by Gasteiger charge is -2.21. The molecule has 0 radical (unpaired) electrons. The molecule has 100 valence electrons. The third-order valence-electron chi connectivity index (χ3n) is 4.04. The van der Waals surface area contributed by atoms with Gasteiger partial charge in [-0.3, -0.25) is 4.79 Å². The normalized spacial score (nSPS) is 16.9. The minimum atomic E-state index is -0.108. The monoisotopic (exact) mass is 320 g/mol. The number of halogens is 1. The van der Waals surface area contributed by atoms with Gasteiger partial charge in [0.2, 0.25) is 0 Å². The van der Waals surface area contributed by atoms with Crippen LogP contribution in [0.15, 0.2) is 27.5 Å². The molecular formula is C15H17BrN2O. The molecule has 1 heterocycles. The fraction of sp³-hybridized carbons (Fsp3) is 0.467. The summed E-state index contributed by atoms with van der Waals surface area (Å²) in [5, 5.41) is 8.64. The fourth-order valence-electron chi connectivity index (χ4n) is 3.01. The summed E-state index contributed by atoms with van der Waals surface area (Å²) in [6.45, 7) is 0. The first kappa shape index (κ1) is 12.9. The molecule has 0 amide bonds. The van der Waals surface area contributed by atoms with E-state index >= 15 is 0 Å². The van der Waals surface area contributed by atoms with Gasteiger partial charge >= 0.3 is 0 Å². The van der Waals surface area contributed by atoms with E-state index in [0.717, 1.165) is 33.3 Å². The molecule has 4 heteroatoms. The molecule has 1 aromatic heterocycles. The topological polar surface area (TPSA) is 45.8 Å². The van der Waals surface area contributed by atoms with Gasteiger partial charge in [-0.25, -0.2) is 5.10 Å². The molecule has 1 saturated carbocycles. The van der Waals surface area contributed by atoms with Crippen LogP contribution in [0.1, 0.15) is 37.8 Å². The minimum absolute atomic E-state index is 0.108. The van der Waals surface area contributed by atoms with Crippen molar-refractivity contribution in [3.8, 4) is 0 Å². The van der Waals surface area contributed by atoms with E-state index in [1.807, 2.05) is 18.2 Å². The molecule has 1 N–H and O–H groups in total. The molecule has 1 aromatic carbocycles. The number of nitrogens with one attached hydrogen (secondary N) is 1. The van der Waals surface area contributed by atoms with E-state index in [9.17, 15) is 4.79 Å². The highest BCUT2D eigenvalue weighted by Gasteiger charge is 2.16. The van der Waals surface area contributed by atoms with Crippen molar-refractivity contribution in [2.75, 3.05) is 0 Å². The molecule has 1 aliphatic rings. The predicted octanol–water partition coefficient (Wildman–Crippen LogP) is 3.81. The second-order valence-corrected chi connectivity index (χ2v) is 6.31. The highest BCUT2D eigenvalue weighted by Crippen LogP contribution is 2.28. The third kappa shape index (κ3) is 2.73. The Balaban J connectivity index is 1.99. The lowest BCUT2D eigenvalue weighted by molar-refractivity contribution is 0.354. The SMILES string of the molecule is O=c1[nH]nc(CC2CCCCC2)c2ccc(Br)cc12. The number of H-pyrrole nitrogens is 1. The van der Waals surface area contributed by atoms with Crippen molar-refractivity contribution in [2.45, 2.75) is 38.5 Å². The van der Waals surface area contributed by atoms with Crippen LogP contribution in [-0.4, -0.2) is 10.2 Å². The van der Waals surface area contributed by atoms with Crippen molar-refractivity contribution in [1.29, 1.82) is 0 Å². The zero-order valence-corrected chi connectivity index (χ0v) is 12.4. The van der Waals surface area contributed by atoms with E-state index in [-0.39, 0.29) is 5.56 Å². The van der Waals surface area contributed by atoms with E-state index in [2.05, 4.69) is 26.1 Å². The van der Waals surface area contributed by atoms with Crippen LogP contribution in [0.25, 0.3) is 10.8 Å². The Morgan fingerprint density at radius 3 is 2.79 bits per heavy atom. The zero-order valence-electron chi connectivity index (χ0n) is 10.8. The smallest absolute Gasteiger partial charge is 0.267 e. The molecule has 3 rings (SSSR count). The van der Waals surface area contributed by atoms with Crippen molar-refractivity contribution in [2.24, 2.45) is 5.92 Å². The fourth-order valence-corrected chi connectivity index (χ4v) is 3.38. The third-order valence-corrected chi connectivity index (χ3v) is 4.53. The van der Waals surface area contributed by atoms with Crippen molar-refractivity contribution in [1.82, 2.24) is 10.2 Å². The van der Waals surface area contributed by atoms with E-state index in [4.69, 9.17) is 0 Å². The van der Waals surface area contributed by atoms with Gasteiger partial charge in [0.1, 0.15) is 0 Å². The Morgan fingerprint density at radius 2 is 2.00 bits per heavy atom. The number of rotatable bonds is 2. The standard InChI is InChI=1S/C15H17BrN2O/c16-11-6-7-12-13(9-11)15(19)18-17-14(12)8-10-4-2-1-3-5-10/h6-7,9-10H,1-5,8H2,(H,18,19). The van der Waals surface area contributed by atoms with E-state index in [0.29, 0.717) is 0 Å². The number of benzene rings is 1. The van der Waals surface area contributed by atoms with E-state index < -0.39 is 0 Å². The van der Waals surface area contributed by atoms with Crippen LogP contribution >= 0.6 is 15.9 Å². The Bertz CT molecular complexity index is 644. The van der Waals surface area contributed by atoms with Crippen molar-refractivity contribution in [3.05, 3.63) is 38.7 Å². The van der Waals surface area contributed by atoms with Gasteiger partial charge in [-0.2, -0.15) is 5.10 Å². The quantitative estimate of drug-likeness (QED) is 0.914. The largest absolute Gasteiger partial charge is 0.272 e. The average Bonchev–Trinajstić information content (AvgIpc) is 2.43. The van der Waals surface area contributed by atoms with Crippen LogP contribution in [0.2, 0.25) is 0 Å². The van der Waals surface area contributed by atoms with E-state index in [1.165, 1.54) is 32.1 Å². The lowest BCUT2D eigenvalue weighted by atomic mass is 9.85. The Morgan fingerprint density at radius 1 is 1.21 bits per heavy atom. The van der Waals surface area contributed by atoms with Gasteiger partial charge in [0, 0.05) is 9.86 Å². The Labute approximate surface area is 120 Å². The summed E-state index contributed by atoms with van der Waals surface area (Å²) in [5.41, 5.74) is 0.928. The average molecular weight is 321 g/mol. The van der Waals surface area contributed by atoms with Crippen LogP contribution in [-0.2, 0) is 6.42 Å². The first-order valence-electron chi connectivity index (χ1n) is 6.91. The lowest BCUT2D eigenvalue weighted by Crippen LogP contribution is -2.15. The molecule has 0 spiro atoms. The van der Waals surface area contributed by atoms with Crippen LogP contribution in [0, 0.1) is 5.92 Å². The highest BCUT2D eigenvalue weighted by atomic mass is 79.9. The molecule has 0 aliphatic heterocycles. The van der Waals surface area contributed by atoms with Crippen molar-refractivity contribution < 1.29 is 0 Å². The molecule has 1 aliphatic carbocycles. The first-order valence-corrected chi connectivity index (χ1v) is 7.70. The van der Waals surface area contributed by atoms with Gasteiger partial charge in [0.15, 0.2) is 0 Å². The summed E-state index contributed by atoms with van der Waals surface area (Å²) in [7, 11) is 0. The van der Waals surface area contributed by atoms with Crippen LogP contribution in [0.4, 0.5) is 0 Å². The molecule has 0 atom stereocenters. The molecule has 19 heavy (non-hydrogen) atoms. The number of aromatic nitrogens is 2. The van der Waals surface area contributed by atoms with Crippen LogP contribution < -0.4 is 5.56 Å². The molecule has 1 fully saturated rings. The van der Waals surface area contributed by atoms with Gasteiger partial charge in [0.05, 0.1) is 11.1 Å². The summed E-state index contributed by atoms with van der Waals surface area (Å²) < 4.78 is 0.931. The Kier molecular flexibility index (Phi) is 3.69. The predicted molar refractivity (Wildman–Crippen MR) is 80.3 cm³/mol. The number of fused-ring (bicyclic) bond motifs is 1. The minimum Gasteiger partial charge on any atom is -0.267 e. The van der Waals surface area contributed by atoms with Crippen LogP contribution in [0.3, 0.4) is 0 Å². The van der Waals surface area contributed by atoms with Crippen LogP contribution in [0.5, 0.6) is 0 Å². The summed E-state index contributed by atoms with van der Waals surface area (Å²) >= 11 is 3.42. The van der Waals surface area contributed by atoms with Gasteiger partial charge in [-0.15, -0.1) is 0 Å². The number of aromatic amines is 1. The van der Waals surface area contributed by atoms with Gasteiger partial charge in [-0.1, -0.05) is 54.1 Å². The molecule has 0 unspecified atom stereocenters. The summed E-state index contributed by atoms with van der Waals surface area (Å²) in [6.07, 6.45) is 7.59. The first-order chi connectivity index (χ1) is 9.24. The summed E-state index contributed by atoms with van der Waals surface area (Å²) in [4.78, 5) is 11.8. The summed E-state index contributed by atoms with van der Waals surface area (Å²) in [5.74, 6) is 0.721. The summed E-state index contributed by atoms with van der Waals surface area (Å²) in [6, 6.07) is 5.86. The molecule has 0 saturated heterocycles. The maximum absolute atomic E-state index is 11.8. The second kappa shape index (κ2) is 5.45. The van der Waals surface area contributed by atoms with Crippen molar-refractivity contribution in [3.63, 3.8) is 0 Å². The van der Waals surface area contributed by atoms with E-state index in [1.54, 1.807) is 0 Å². The molecule has 0 bridgehead atoms. The molecular weight excluding hydrogens is 304 g/mol. The van der Waals surface area contributed by atoms with Crippen molar-refractivity contribution >= 4 is 26.7 Å². The molecule has 2 aromatic rings. The Hall–Kier alpha value is -1.16. The second-order valence-electron chi connectivity index (χ2n) is 5.40. The zero-order chi connectivity index (χ0) is 13.2. The van der Waals surface area contributed by atoms with Gasteiger partial charge < -0.3 is 0 Å². The number of hydrogen-bond donors (Lipinski definition) is 1. The van der Waals surface area contributed by atoms with Gasteiger partial charge in [-0.05, 0) is 24.5 Å². The molecule has 3 nitrogen and oxygen atoms in total.